The predicted molar refractivity (Wildman–Crippen MR) is 79.6 cm³/mol. The number of hydrogen-bond acceptors (Lipinski definition) is 2. The van der Waals surface area contributed by atoms with Crippen LogP contribution in [0.15, 0.2) is 46.9 Å². The highest BCUT2D eigenvalue weighted by molar-refractivity contribution is 9.10. The number of carboxylic acid groups (broad SMARTS) is 1. The lowest BCUT2D eigenvalue weighted by molar-refractivity contribution is -0.138. The molecule has 0 spiro atoms. The monoisotopic (exact) mass is 357 g/mol. The van der Waals surface area contributed by atoms with E-state index in [1.54, 1.807) is 24.3 Å². The van der Waals surface area contributed by atoms with Crippen LogP contribution in [0.3, 0.4) is 0 Å². The van der Waals surface area contributed by atoms with Crippen molar-refractivity contribution in [2.24, 2.45) is 0 Å². The van der Waals surface area contributed by atoms with E-state index in [-0.39, 0.29) is 5.56 Å². The minimum absolute atomic E-state index is 0.289. The molecule has 2 aromatic carbocycles. The van der Waals surface area contributed by atoms with Crippen LogP contribution in [0.2, 0.25) is 5.02 Å². The van der Waals surface area contributed by atoms with Crippen LogP contribution < -0.4 is 5.32 Å². The first kappa shape index (κ1) is 14.8. The number of hydrogen-bond donors (Lipinski definition) is 2. The number of aliphatic carboxylic acids is 1. The van der Waals surface area contributed by atoms with E-state index in [0.29, 0.717) is 15.2 Å². The Morgan fingerprint density at radius 3 is 2.65 bits per heavy atom. The Hall–Kier alpha value is -1.59. The molecule has 2 N–H and O–H groups in total. The number of para-hydroxylation sites is 1. The zero-order valence-corrected chi connectivity index (χ0v) is 12.5. The number of anilines is 1. The molecule has 0 saturated carbocycles. The molecular weight excluding hydrogens is 349 g/mol. The summed E-state index contributed by atoms with van der Waals surface area (Å²) >= 11 is 9.22. The molecule has 0 heterocycles. The molecule has 1 atom stereocenters. The molecular formula is C14H10BrClFNO2. The summed E-state index contributed by atoms with van der Waals surface area (Å²) in [5.74, 6) is -1.63. The molecule has 0 aromatic heterocycles. The van der Waals surface area contributed by atoms with Crippen molar-refractivity contribution >= 4 is 39.2 Å². The van der Waals surface area contributed by atoms with Gasteiger partial charge in [-0.3, -0.25) is 0 Å². The fraction of sp³-hybridized carbons (Fsp3) is 0.0714. The van der Waals surface area contributed by atoms with Gasteiger partial charge in [-0.1, -0.05) is 39.7 Å². The summed E-state index contributed by atoms with van der Waals surface area (Å²) in [7, 11) is 0. The Bertz CT molecular complexity index is 651. The molecule has 0 aliphatic carbocycles. The van der Waals surface area contributed by atoms with E-state index in [0.717, 1.165) is 0 Å². The number of carboxylic acids is 1. The minimum Gasteiger partial charge on any atom is -0.479 e. The minimum atomic E-state index is -1.13. The summed E-state index contributed by atoms with van der Waals surface area (Å²) in [6, 6.07) is 9.55. The Kier molecular flexibility index (Phi) is 4.62. The lowest BCUT2D eigenvalue weighted by atomic mass is 10.1. The van der Waals surface area contributed by atoms with Crippen molar-refractivity contribution < 1.29 is 14.3 Å². The Labute approximate surface area is 128 Å². The number of carbonyl (C=O) groups is 1. The molecule has 0 aliphatic rings. The van der Waals surface area contributed by atoms with E-state index in [9.17, 15) is 14.3 Å². The molecule has 3 nitrogen and oxygen atoms in total. The average Bonchev–Trinajstić information content (AvgIpc) is 2.40. The second kappa shape index (κ2) is 6.24. The van der Waals surface area contributed by atoms with E-state index in [4.69, 9.17) is 11.6 Å². The van der Waals surface area contributed by atoms with Crippen molar-refractivity contribution in [1.82, 2.24) is 0 Å². The summed E-state index contributed by atoms with van der Waals surface area (Å²) in [6.07, 6.45) is 0. The maximum Gasteiger partial charge on any atom is 0.330 e. The first-order valence-electron chi connectivity index (χ1n) is 5.68. The van der Waals surface area contributed by atoms with Crippen molar-refractivity contribution in [1.29, 1.82) is 0 Å². The highest BCUT2D eigenvalue weighted by Crippen LogP contribution is 2.30. The van der Waals surface area contributed by atoms with Crippen molar-refractivity contribution in [3.05, 3.63) is 63.3 Å². The van der Waals surface area contributed by atoms with Crippen molar-refractivity contribution in [2.45, 2.75) is 6.04 Å². The van der Waals surface area contributed by atoms with Crippen molar-refractivity contribution in [2.75, 3.05) is 5.32 Å². The van der Waals surface area contributed by atoms with Crippen LogP contribution in [0.1, 0.15) is 11.6 Å². The average molecular weight is 359 g/mol. The largest absolute Gasteiger partial charge is 0.479 e. The van der Waals surface area contributed by atoms with Gasteiger partial charge in [-0.05, 0) is 30.3 Å². The van der Waals surface area contributed by atoms with Crippen LogP contribution in [0.25, 0.3) is 0 Å². The first-order chi connectivity index (χ1) is 9.49. The number of rotatable bonds is 4. The van der Waals surface area contributed by atoms with Gasteiger partial charge in [-0.15, -0.1) is 0 Å². The molecule has 0 bridgehead atoms. The zero-order valence-electron chi connectivity index (χ0n) is 10.1. The Morgan fingerprint density at radius 2 is 2.00 bits per heavy atom. The van der Waals surface area contributed by atoms with Gasteiger partial charge >= 0.3 is 5.97 Å². The number of halogens is 3. The van der Waals surface area contributed by atoms with Gasteiger partial charge in [0.15, 0.2) is 6.04 Å². The SMILES string of the molecule is O=C(O)C(Nc1ccccc1Cl)c1cc(F)ccc1Br. The fourth-order valence-electron chi connectivity index (χ4n) is 1.74. The molecule has 2 rings (SSSR count). The molecule has 0 aliphatic heterocycles. The van der Waals surface area contributed by atoms with Crippen LogP contribution in [-0.4, -0.2) is 11.1 Å². The quantitative estimate of drug-likeness (QED) is 0.847. The van der Waals surface area contributed by atoms with Crippen molar-refractivity contribution in [3.63, 3.8) is 0 Å². The van der Waals surface area contributed by atoms with E-state index >= 15 is 0 Å². The van der Waals surface area contributed by atoms with Gasteiger partial charge in [0.05, 0.1) is 10.7 Å². The second-order valence-electron chi connectivity index (χ2n) is 4.06. The van der Waals surface area contributed by atoms with Gasteiger partial charge in [-0.25, -0.2) is 9.18 Å². The highest BCUT2D eigenvalue weighted by Gasteiger charge is 2.23. The van der Waals surface area contributed by atoms with Gasteiger partial charge < -0.3 is 10.4 Å². The van der Waals surface area contributed by atoms with Crippen molar-refractivity contribution in [3.8, 4) is 0 Å². The lowest BCUT2D eigenvalue weighted by Crippen LogP contribution is -2.21. The fourth-order valence-corrected chi connectivity index (χ4v) is 2.41. The molecule has 1 unspecified atom stereocenters. The normalized spacial score (nSPS) is 11.9. The predicted octanol–water partition coefficient (Wildman–Crippen LogP) is 4.48. The third-order valence-electron chi connectivity index (χ3n) is 2.69. The third-order valence-corrected chi connectivity index (χ3v) is 3.74. The topological polar surface area (TPSA) is 49.3 Å². The Morgan fingerprint density at radius 1 is 1.30 bits per heavy atom. The highest BCUT2D eigenvalue weighted by atomic mass is 79.9. The summed E-state index contributed by atoms with van der Waals surface area (Å²) in [5, 5.41) is 12.5. The third kappa shape index (κ3) is 3.29. The molecule has 20 heavy (non-hydrogen) atoms. The first-order valence-corrected chi connectivity index (χ1v) is 6.85. The molecule has 104 valence electrons. The number of benzene rings is 2. The van der Waals surface area contributed by atoms with Gasteiger partial charge in [-0.2, -0.15) is 0 Å². The van der Waals surface area contributed by atoms with E-state index in [1.807, 2.05) is 0 Å². The van der Waals surface area contributed by atoms with Crippen LogP contribution in [0.4, 0.5) is 10.1 Å². The van der Waals surface area contributed by atoms with Gasteiger partial charge in [0.25, 0.3) is 0 Å². The van der Waals surface area contributed by atoms with Gasteiger partial charge in [0.2, 0.25) is 0 Å². The molecule has 6 heteroatoms. The molecule has 0 radical (unpaired) electrons. The van der Waals surface area contributed by atoms with Gasteiger partial charge in [0, 0.05) is 10.0 Å². The van der Waals surface area contributed by atoms with Crippen LogP contribution in [-0.2, 0) is 4.79 Å². The van der Waals surface area contributed by atoms with E-state index < -0.39 is 17.8 Å². The van der Waals surface area contributed by atoms with Crippen LogP contribution >= 0.6 is 27.5 Å². The molecule has 0 saturated heterocycles. The summed E-state index contributed by atoms with van der Waals surface area (Å²) in [4.78, 5) is 11.4. The number of nitrogens with one attached hydrogen (secondary N) is 1. The zero-order chi connectivity index (χ0) is 14.7. The maximum absolute atomic E-state index is 13.3. The molecule has 2 aromatic rings. The van der Waals surface area contributed by atoms with E-state index in [1.165, 1.54) is 18.2 Å². The summed E-state index contributed by atoms with van der Waals surface area (Å²) < 4.78 is 13.8. The smallest absolute Gasteiger partial charge is 0.330 e. The summed E-state index contributed by atoms with van der Waals surface area (Å²) in [5.41, 5.74) is 0.759. The molecule has 0 fully saturated rings. The lowest BCUT2D eigenvalue weighted by Gasteiger charge is -2.18. The molecule has 0 amide bonds. The van der Waals surface area contributed by atoms with E-state index in [2.05, 4.69) is 21.2 Å². The summed E-state index contributed by atoms with van der Waals surface area (Å²) in [6.45, 7) is 0. The van der Waals surface area contributed by atoms with Crippen LogP contribution in [0, 0.1) is 5.82 Å². The maximum atomic E-state index is 13.3. The second-order valence-corrected chi connectivity index (χ2v) is 5.32. The standard InChI is InChI=1S/C14H10BrClFNO2/c15-10-6-5-8(17)7-9(10)13(14(19)20)18-12-4-2-1-3-11(12)16/h1-7,13,18H,(H,19,20). The Balaban J connectivity index is 2.40. The van der Waals surface area contributed by atoms with Crippen LogP contribution in [0.5, 0.6) is 0 Å². The van der Waals surface area contributed by atoms with Gasteiger partial charge in [0.1, 0.15) is 5.82 Å².